The summed E-state index contributed by atoms with van der Waals surface area (Å²) in [7, 11) is 3.35. The van der Waals surface area contributed by atoms with Crippen LogP contribution in [0.2, 0.25) is 0 Å². The van der Waals surface area contributed by atoms with Gasteiger partial charge in [-0.3, -0.25) is 13.9 Å². The molecule has 0 radical (unpaired) electrons. The van der Waals surface area contributed by atoms with Crippen molar-refractivity contribution < 1.29 is 18.0 Å². The van der Waals surface area contributed by atoms with Gasteiger partial charge in [-0.15, -0.1) is 10.2 Å². The van der Waals surface area contributed by atoms with Gasteiger partial charge >= 0.3 is 6.18 Å². The maximum absolute atomic E-state index is 13.1. The second-order valence-electron chi connectivity index (χ2n) is 7.92. The van der Waals surface area contributed by atoms with E-state index in [0.29, 0.717) is 17.3 Å². The molecule has 12 heteroatoms. The molecule has 33 heavy (non-hydrogen) atoms. The molecule has 0 spiro atoms. The zero-order valence-electron chi connectivity index (χ0n) is 17.7. The largest absolute Gasteiger partial charge is 0.389 e. The number of anilines is 3. The van der Waals surface area contributed by atoms with Crippen molar-refractivity contribution in [3.8, 4) is 11.1 Å². The molecule has 9 nitrogen and oxygen atoms in total. The summed E-state index contributed by atoms with van der Waals surface area (Å²) < 4.78 is 42.6. The van der Waals surface area contributed by atoms with E-state index in [1.807, 2.05) is 12.1 Å². The number of carbonyl (C=O) groups is 1. The van der Waals surface area contributed by atoms with Gasteiger partial charge in [0.15, 0.2) is 5.65 Å². The molecule has 1 aliphatic rings. The summed E-state index contributed by atoms with van der Waals surface area (Å²) in [5.41, 5.74) is 1.87. The highest BCUT2D eigenvalue weighted by atomic mass is 19.4. The molecule has 0 aromatic carbocycles. The minimum atomic E-state index is -4.42. The van der Waals surface area contributed by atoms with E-state index in [1.165, 1.54) is 9.30 Å². The van der Waals surface area contributed by atoms with Crippen LogP contribution < -0.4 is 10.2 Å². The van der Waals surface area contributed by atoms with E-state index >= 15 is 0 Å². The molecule has 0 saturated carbocycles. The van der Waals surface area contributed by atoms with Gasteiger partial charge in [0, 0.05) is 38.7 Å². The van der Waals surface area contributed by atoms with Crippen LogP contribution in [0.25, 0.3) is 16.8 Å². The van der Waals surface area contributed by atoms with Crippen molar-refractivity contribution in [1.29, 1.82) is 0 Å². The second-order valence-corrected chi connectivity index (χ2v) is 7.92. The topological polar surface area (TPSA) is 93.2 Å². The molecule has 1 aliphatic heterocycles. The van der Waals surface area contributed by atoms with Gasteiger partial charge in [-0.1, -0.05) is 0 Å². The maximum Gasteiger partial charge on any atom is 0.389 e. The summed E-state index contributed by atoms with van der Waals surface area (Å²) in [5, 5.41) is 15.4. The van der Waals surface area contributed by atoms with Gasteiger partial charge in [-0.05, 0) is 35.4 Å². The Morgan fingerprint density at radius 3 is 2.64 bits per heavy atom. The smallest absolute Gasteiger partial charge is 0.325 e. The van der Waals surface area contributed by atoms with Crippen LogP contribution in [0.15, 0.2) is 42.7 Å². The van der Waals surface area contributed by atoms with E-state index in [-0.39, 0.29) is 12.2 Å². The first-order valence-electron chi connectivity index (χ1n) is 10.1. The number of aryl methyl sites for hydroxylation is 1. The summed E-state index contributed by atoms with van der Waals surface area (Å²) in [4.78, 5) is 18.4. The summed E-state index contributed by atoms with van der Waals surface area (Å²) >= 11 is 0. The van der Waals surface area contributed by atoms with E-state index in [0.717, 1.165) is 16.9 Å². The first kappa shape index (κ1) is 20.9. The molecule has 0 saturated heterocycles. The van der Waals surface area contributed by atoms with Crippen molar-refractivity contribution in [2.24, 2.45) is 7.05 Å². The predicted octanol–water partition coefficient (Wildman–Crippen LogP) is 3.67. The van der Waals surface area contributed by atoms with Crippen LogP contribution in [-0.2, 0) is 11.8 Å². The van der Waals surface area contributed by atoms with Crippen molar-refractivity contribution in [3.05, 3.63) is 48.5 Å². The van der Waals surface area contributed by atoms with Gasteiger partial charge in [0.1, 0.15) is 23.3 Å². The SMILES string of the molecule is CN1C(=O)CC(CC(F)(F)F)c2nnc3cc(-c4ccnc(Nc5ccnn5C)c4)cc1n23. The Hall–Kier alpha value is -3.96. The van der Waals surface area contributed by atoms with Crippen molar-refractivity contribution in [3.63, 3.8) is 0 Å². The number of alkyl halides is 3. The van der Waals surface area contributed by atoms with Gasteiger partial charge in [0.25, 0.3) is 0 Å². The molecular weight excluding hydrogens is 437 g/mol. The number of pyridine rings is 2. The number of carbonyl (C=O) groups excluding carboxylic acids is 1. The van der Waals surface area contributed by atoms with E-state index < -0.39 is 24.4 Å². The number of aromatic nitrogens is 6. The number of nitrogens with one attached hydrogen (secondary N) is 1. The molecule has 5 rings (SSSR count). The summed E-state index contributed by atoms with van der Waals surface area (Å²) in [6.07, 6.45) is -2.56. The van der Waals surface area contributed by atoms with Crippen molar-refractivity contribution in [2.45, 2.75) is 24.9 Å². The van der Waals surface area contributed by atoms with E-state index in [1.54, 1.807) is 49.4 Å². The lowest BCUT2D eigenvalue weighted by Crippen LogP contribution is -2.27. The summed E-state index contributed by atoms with van der Waals surface area (Å²) in [6, 6.07) is 8.92. The lowest BCUT2D eigenvalue weighted by Gasteiger charge is -2.18. The van der Waals surface area contributed by atoms with E-state index in [2.05, 4.69) is 25.6 Å². The van der Waals surface area contributed by atoms with E-state index in [9.17, 15) is 18.0 Å². The minimum Gasteiger partial charge on any atom is -0.325 e. The maximum atomic E-state index is 13.1. The number of hydrogen-bond donors (Lipinski definition) is 1. The Labute approximate surface area is 185 Å². The van der Waals surface area contributed by atoms with Crippen LogP contribution in [0, 0.1) is 0 Å². The van der Waals surface area contributed by atoms with Crippen molar-refractivity contribution in [2.75, 3.05) is 17.3 Å². The zero-order chi connectivity index (χ0) is 23.3. The Bertz CT molecular complexity index is 1360. The Kier molecular flexibility index (Phi) is 4.80. The molecule has 4 aromatic heterocycles. The van der Waals surface area contributed by atoms with Crippen LogP contribution in [0.4, 0.5) is 30.6 Å². The highest BCUT2D eigenvalue weighted by Crippen LogP contribution is 2.38. The average molecular weight is 456 g/mol. The molecule has 0 bridgehead atoms. The highest BCUT2D eigenvalue weighted by molar-refractivity contribution is 5.94. The molecule has 0 aliphatic carbocycles. The monoisotopic (exact) mass is 456 g/mol. The third kappa shape index (κ3) is 3.88. The normalized spacial score (nSPS) is 16.3. The van der Waals surface area contributed by atoms with Crippen LogP contribution in [-0.4, -0.2) is 48.5 Å². The molecule has 1 amide bonds. The van der Waals surface area contributed by atoms with Crippen LogP contribution in [0.1, 0.15) is 24.6 Å². The van der Waals surface area contributed by atoms with Crippen molar-refractivity contribution >= 4 is 29.0 Å². The number of halogens is 3. The Morgan fingerprint density at radius 1 is 1.09 bits per heavy atom. The Morgan fingerprint density at radius 2 is 1.91 bits per heavy atom. The van der Waals surface area contributed by atoms with E-state index in [4.69, 9.17) is 0 Å². The molecule has 0 fully saturated rings. The number of hydrogen-bond acceptors (Lipinski definition) is 6. The van der Waals surface area contributed by atoms with Crippen LogP contribution in [0.5, 0.6) is 0 Å². The lowest BCUT2D eigenvalue weighted by molar-refractivity contribution is -0.140. The number of nitrogens with zero attached hydrogens (tertiary/aromatic N) is 7. The third-order valence-electron chi connectivity index (χ3n) is 5.66. The zero-order valence-corrected chi connectivity index (χ0v) is 17.7. The van der Waals surface area contributed by atoms with Crippen LogP contribution in [0.3, 0.4) is 0 Å². The summed E-state index contributed by atoms with van der Waals surface area (Å²) in [6.45, 7) is 0. The van der Waals surface area contributed by atoms with Gasteiger partial charge in [-0.2, -0.15) is 18.3 Å². The standard InChI is InChI=1S/C21H19F3N8O/c1-30-18-9-13(12-3-5-25-15(7-12)27-16-4-6-26-31(16)2)8-17-28-29-20(32(17)18)14(10-19(30)33)11-21(22,23)24/h3-9,14H,10-11H2,1-2H3,(H,25,27). The molecular formula is C21H19F3N8O. The van der Waals surface area contributed by atoms with Crippen molar-refractivity contribution in [1.82, 2.24) is 29.4 Å². The van der Waals surface area contributed by atoms with Crippen LogP contribution >= 0.6 is 0 Å². The highest BCUT2D eigenvalue weighted by Gasteiger charge is 2.38. The first-order valence-corrected chi connectivity index (χ1v) is 10.1. The fraction of sp³-hybridized carbons (Fsp3) is 0.286. The molecule has 170 valence electrons. The summed E-state index contributed by atoms with van der Waals surface area (Å²) in [5.74, 6) is 0.368. The lowest BCUT2D eigenvalue weighted by atomic mass is 10.00. The third-order valence-corrected chi connectivity index (χ3v) is 5.66. The number of rotatable bonds is 4. The molecule has 1 unspecified atom stereocenters. The molecule has 4 aromatic rings. The van der Waals surface area contributed by atoms with Gasteiger partial charge in [0.05, 0.1) is 12.6 Å². The number of amides is 1. The molecule has 1 atom stereocenters. The Balaban J connectivity index is 1.58. The predicted molar refractivity (Wildman–Crippen MR) is 114 cm³/mol. The quantitative estimate of drug-likeness (QED) is 0.504. The van der Waals surface area contributed by atoms with Gasteiger partial charge < -0.3 is 10.2 Å². The molecule has 5 heterocycles. The van der Waals surface area contributed by atoms with Gasteiger partial charge in [0.2, 0.25) is 5.91 Å². The average Bonchev–Trinajstić information content (AvgIpc) is 3.35. The van der Waals surface area contributed by atoms with Gasteiger partial charge in [-0.25, -0.2) is 4.98 Å². The minimum absolute atomic E-state index is 0.134. The fourth-order valence-corrected chi connectivity index (χ4v) is 4.02. The fourth-order valence-electron chi connectivity index (χ4n) is 4.02. The first-order chi connectivity index (χ1) is 15.7. The molecule has 1 N–H and O–H groups in total. The second kappa shape index (κ2) is 7.57.